The lowest BCUT2D eigenvalue weighted by molar-refractivity contribution is 0.305. The van der Waals surface area contributed by atoms with Gasteiger partial charge in [0.2, 0.25) is 0 Å². The summed E-state index contributed by atoms with van der Waals surface area (Å²) in [5, 5.41) is 0. The molecule has 1 aromatic carbocycles. The molecule has 0 fully saturated rings. The minimum absolute atomic E-state index is 0.130. The fourth-order valence-corrected chi connectivity index (χ4v) is 1.75. The summed E-state index contributed by atoms with van der Waals surface area (Å²) in [6, 6.07) is 9.41. The molecule has 2 aromatic rings. The highest BCUT2D eigenvalue weighted by molar-refractivity contribution is 5.31. The Bertz CT molecular complexity index is 543. The van der Waals surface area contributed by atoms with Crippen molar-refractivity contribution < 1.29 is 9.13 Å². The topological polar surface area (TPSA) is 22.1 Å². The van der Waals surface area contributed by atoms with Gasteiger partial charge in [-0.2, -0.15) is 0 Å². The number of halogens is 1. The Kier molecular flexibility index (Phi) is 3.84. The third-order valence-corrected chi connectivity index (χ3v) is 2.89. The van der Waals surface area contributed by atoms with Gasteiger partial charge in [-0.05, 0) is 29.2 Å². The number of hydrogen-bond acceptors (Lipinski definition) is 2. The molecule has 0 radical (unpaired) electrons. The molecule has 100 valence electrons. The van der Waals surface area contributed by atoms with Gasteiger partial charge in [0.1, 0.15) is 18.2 Å². The Labute approximate surface area is 113 Å². The predicted molar refractivity (Wildman–Crippen MR) is 73.7 cm³/mol. The van der Waals surface area contributed by atoms with E-state index in [9.17, 15) is 4.39 Å². The highest BCUT2D eigenvalue weighted by Crippen LogP contribution is 2.24. The molecule has 0 aliphatic rings. The third-order valence-electron chi connectivity index (χ3n) is 2.89. The zero-order valence-corrected chi connectivity index (χ0v) is 11.5. The van der Waals surface area contributed by atoms with Gasteiger partial charge >= 0.3 is 0 Å². The number of ether oxygens (including phenoxy) is 1. The molecule has 0 N–H and O–H groups in total. The summed E-state index contributed by atoms with van der Waals surface area (Å²) in [5.74, 6) is 0.432. The van der Waals surface area contributed by atoms with Crippen LogP contribution in [0.15, 0.2) is 42.7 Å². The molecule has 0 spiro atoms. The van der Waals surface area contributed by atoms with Gasteiger partial charge in [-0.1, -0.05) is 32.9 Å². The summed E-state index contributed by atoms with van der Waals surface area (Å²) in [6.07, 6.45) is 2.79. The average molecular weight is 259 g/mol. The third kappa shape index (κ3) is 3.78. The summed E-state index contributed by atoms with van der Waals surface area (Å²) in [7, 11) is 0. The first-order valence-electron chi connectivity index (χ1n) is 6.28. The van der Waals surface area contributed by atoms with Crippen molar-refractivity contribution >= 4 is 0 Å². The molecular formula is C16H18FNO. The molecule has 2 rings (SSSR count). The van der Waals surface area contributed by atoms with Crippen LogP contribution in [-0.4, -0.2) is 4.98 Å². The molecule has 0 atom stereocenters. The molecule has 0 aliphatic carbocycles. The molecule has 2 nitrogen and oxygen atoms in total. The molecule has 0 saturated heterocycles. The van der Waals surface area contributed by atoms with E-state index in [-0.39, 0.29) is 11.2 Å². The first kappa shape index (κ1) is 13.5. The zero-order valence-electron chi connectivity index (χ0n) is 11.5. The molecule has 0 saturated carbocycles. The van der Waals surface area contributed by atoms with Crippen molar-refractivity contribution in [1.29, 1.82) is 0 Å². The highest BCUT2D eigenvalue weighted by atomic mass is 19.1. The quantitative estimate of drug-likeness (QED) is 0.828. The molecule has 0 amide bonds. The SMILES string of the molecule is CC(C)(C)c1ccc(OCc2cncc(F)c2)cc1. The van der Waals surface area contributed by atoms with Crippen molar-refractivity contribution in [1.82, 2.24) is 4.98 Å². The maximum atomic E-state index is 13.0. The van der Waals surface area contributed by atoms with Crippen LogP contribution in [0.3, 0.4) is 0 Å². The normalized spacial score (nSPS) is 11.4. The summed E-state index contributed by atoms with van der Waals surface area (Å²) < 4.78 is 18.6. The lowest BCUT2D eigenvalue weighted by Crippen LogP contribution is -2.10. The Morgan fingerprint density at radius 2 is 1.79 bits per heavy atom. The second-order valence-corrected chi connectivity index (χ2v) is 5.57. The minimum atomic E-state index is -0.343. The van der Waals surface area contributed by atoms with E-state index in [0.29, 0.717) is 6.61 Å². The smallest absolute Gasteiger partial charge is 0.141 e. The predicted octanol–water partition coefficient (Wildman–Crippen LogP) is 4.10. The largest absolute Gasteiger partial charge is 0.489 e. The van der Waals surface area contributed by atoms with Crippen molar-refractivity contribution in [3.63, 3.8) is 0 Å². The van der Waals surface area contributed by atoms with Gasteiger partial charge in [0.15, 0.2) is 0 Å². The molecular weight excluding hydrogens is 241 g/mol. The van der Waals surface area contributed by atoms with Crippen molar-refractivity contribution in [2.45, 2.75) is 32.8 Å². The summed E-state index contributed by atoms with van der Waals surface area (Å²) >= 11 is 0. The number of nitrogens with zero attached hydrogens (tertiary/aromatic N) is 1. The van der Waals surface area contributed by atoms with E-state index in [1.165, 1.54) is 17.8 Å². The van der Waals surface area contributed by atoms with Crippen LogP contribution < -0.4 is 4.74 Å². The van der Waals surface area contributed by atoms with E-state index in [4.69, 9.17) is 4.74 Å². The van der Waals surface area contributed by atoms with Crippen molar-refractivity contribution in [2.24, 2.45) is 0 Å². The van der Waals surface area contributed by atoms with E-state index in [2.05, 4.69) is 37.9 Å². The van der Waals surface area contributed by atoms with Crippen LogP contribution in [0.4, 0.5) is 4.39 Å². The molecule has 0 bridgehead atoms. The van der Waals surface area contributed by atoms with Crippen molar-refractivity contribution in [3.05, 3.63) is 59.7 Å². The van der Waals surface area contributed by atoms with E-state index in [1.807, 2.05) is 12.1 Å². The van der Waals surface area contributed by atoms with Crippen LogP contribution in [0.1, 0.15) is 31.9 Å². The van der Waals surface area contributed by atoms with Crippen LogP contribution in [0.5, 0.6) is 5.75 Å². The standard InChI is InChI=1S/C16H18FNO/c1-16(2,3)13-4-6-15(7-5-13)19-11-12-8-14(17)10-18-9-12/h4-10H,11H2,1-3H3. The average Bonchev–Trinajstić information content (AvgIpc) is 2.36. The Hall–Kier alpha value is -1.90. The molecule has 19 heavy (non-hydrogen) atoms. The van der Waals surface area contributed by atoms with Gasteiger partial charge in [0.05, 0.1) is 6.20 Å². The van der Waals surface area contributed by atoms with E-state index >= 15 is 0 Å². The highest BCUT2D eigenvalue weighted by Gasteiger charge is 2.12. The van der Waals surface area contributed by atoms with Crippen molar-refractivity contribution in [2.75, 3.05) is 0 Å². The van der Waals surface area contributed by atoms with E-state index in [0.717, 1.165) is 11.3 Å². The van der Waals surface area contributed by atoms with Crippen LogP contribution in [0.25, 0.3) is 0 Å². The number of hydrogen-bond donors (Lipinski definition) is 0. The van der Waals surface area contributed by atoms with Crippen LogP contribution in [0, 0.1) is 5.82 Å². The molecule has 1 aromatic heterocycles. The van der Waals surface area contributed by atoms with Gasteiger partial charge < -0.3 is 4.74 Å². The molecule has 3 heteroatoms. The lowest BCUT2D eigenvalue weighted by Gasteiger charge is -2.19. The van der Waals surface area contributed by atoms with Crippen LogP contribution in [-0.2, 0) is 12.0 Å². The van der Waals surface area contributed by atoms with Crippen LogP contribution >= 0.6 is 0 Å². The molecule has 1 heterocycles. The Balaban J connectivity index is 2.01. The first-order chi connectivity index (χ1) is 8.95. The fraction of sp³-hybridized carbons (Fsp3) is 0.312. The summed E-state index contributed by atoms with van der Waals surface area (Å²) in [6.45, 7) is 6.82. The summed E-state index contributed by atoms with van der Waals surface area (Å²) in [5.41, 5.74) is 2.11. The lowest BCUT2D eigenvalue weighted by atomic mass is 9.87. The fourth-order valence-electron chi connectivity index (χ4n) is 1.75. The van der Waals surface area contributed by atoms with Gasteiger partial charge in [-0.3, -0.25) is 4.98 Å². The Morgan fingerprint density at radius 1 is 1.11 bits per heavy atom. The second-order valence-electron chi connectivity index (χ2n) is 5.57. The maximum absolute atomic E-state index is 13.0. The number of benzene rings is 1. The summed E-state index contributed by atoms with van der Waals surface area (Å²) in [4.78, 5) is 3.79. The number of aromatic nitrogens is 1. The van der Waals surface area contributed by atoms with E-state index < -0.39 is 0 Å². The van der Waals surface area contributed by atoms with Crippen LogP contribution in [0.2, 0.25) is 0 Å². The Morgan fingerprint density at radius 3 is 2.37 bits per heavy atom. The van der Waals surface area contributed by atoms with Gasteiger partial charge in [-0.25, -0.2) is 4.39 Å². The zero-order chi connectivity index (χ0) is 13.9. The van der Waals surface area contributed by atoms with E-state index in [1.54, 1.807) is 6.20 Å². The molecule has 0 aliphatic heterocycles. The first-order valence-corrected chi connectivity index (χ1v) is 6.28. The maximum Gasteiger partial charge on any atom is 0.141 e. The number of rotatable bonds is 3. The number of pyridine rings is 1. The second kappa shape index (κ2) is 5.39. The molecule has 0 unspecified atom stereocenters. The minimum Gasteiger partial charge on any atom is -0.489 e. The van der Waals surface area contributed by atoms with Gasteiger partial charge in [0.25, 0.3) is 0 Å². The van der Waals surface area contributed by atoms with Gasteiger partial charge in [-0.15, -0.1) is 0 Å². The monoisotopic (exact) mass is 259 g/mol. The van der Waals surface area contributed by atoms with Crippen molar-refractivity contribution in [3.8, 4) is 5.75 Å². The van der Waals surface area contributed by atoms with Gasteiger partial charge in [0, 0.05) is 11.8 Å².